The maximum Gasteiger partial charge on any atom is 0.407 e. The molecule has 35 heavy (non-hydrogen) atoms. The van der Waals surface area contributed by atoms with E-state index in [-0.39, 0.29) is 17.7 Å². The van der Waals surface area contributed by atoms with Crippen molar-refractivity contribution in [3.8, 4) is 11.1 Å². The Morgan fingerprint density at radius 3 is 2.26 bits per heavy atom. The molecule has 1 saturated carbocycles. The van der Waals surface area contributed by atoms with Gasteiger partial charge >= 0.3 is 12.1 Å². The van der Waals surface area contributed by atoms with Crippen LogP contribution in [0.1, 0.15) is 55.6 Å². The van der Waals surface area contributed by atoms with E-state index >= 15 is 0 Å². The first kappa shape index (κ1) is 23.4. The van der Waals surface area contributed by atoms with Crippen molar-refractivity contribution in [3.05, 3.63) is 59.7 Å². The lowest BCUT2D eigenvalue weighted by atomic mass is 9.73. The minimum Gasteiger partial charge on any atom is -0.480 e. The average Bonchev–Trinajstić information content (AvgIpc) is 3.17. The topological polar surface area (TPSA) is 95.9 Å². The number of fused-ring (bicyclic) bond motifs is 3. The van der Waals surface area contributed by atoms with Crippen molar-refractivity contribution in [1.82, 2.24) is 10.2 Å². The van der Waals surface area contributed by atoms with E-state index in [1.807, 2.05) is 24.3 Å². The Bertz CT molecular complexity index is 1060. The highest BCUT2D eigenvalue weighted by atomic mass is 16.5. The molecule has 7 nitrogen and oxygen atoms in total. The molecule has 3 aliphatic rings. The summed E-state index contributed by atoms with van der Waals surface area (Å²) in [6.45, 7) is 1.36. The summed E-state index contributed by atoms with van der Waals surface area (Å²) in [5, 5.41) is 12.3. The molecule has 0 bridgehead atoms. The van der Waals surface area contributed by atoms with Gasteiger partial charge in [0.25, 0.3) is 0 Å². The van der Waals surface area contributed by atoms with Gasteiger partial charge in [-0.2, -0.15) is 0 Å². The molecule has 2 aliphatic carbocycles. The number of piperidine rings is 1. The fourth-order valence-electron chi connectivity index (χ4n) is 5.94. The third kappa shape index (κ3) is 4.90. The predicted octanol–water partition coefficient (Wildman–Crippen LogP) is 4.41. The number of amides is 2. The summed E-state index contributed by atoms with van der Waals surface area (Å²) in [6.07, 6.45) is 3.97. The Hall–Kier alpha value is -3.35. The van der Waals surface area contributed by atoms with Crippen LogP contribution in [0.5, 0.6) is 0 Å². The van der Waals surface area contributed by atoms with E-state index in [1.54, 1.807) is 4.90 Å². The lowest BCUT2D eigenvalue weighted by Crippen LogP contribution is -2.49. The van der Waals surface area contributed by atoms with E-state index in [9.17, 15) is 19.5 Å². The lowest BCUT2D eigenvalue weighted by molar-refractivity contribution is -0.152. The Labute approximate surface area is 205 Å². The molecule has 0 radical (unpaired) electrons. The van der Waals surface area contributed by atoms with Crippen molar-refractivity contribution in [1.29, 1.82) is 0 Å². The van der Waals surface area contributed by atoms with Crippen molar-refractivity contribution in [3.63, 3.8) is 0 Å². The summed E-state index contributed by atoms with van der Waals surface area (Å²) in [6, 6.07) is 15.8. The van der Waals surface area contributed by atoms with Gasteiger partial charge in [-0.05, 0) is 66.2 Å². The highest BCUT2D eigenvalue weighted by Gasteiger charge is 2.36. The van der Waals surface area contributed by atoms with Crippen LogP contribution < -0.4 is 5.32 Å². The molecule has 7 heteroatoms. The lowest BCUT2D eigenvalue weighted by Gasteiger charge is -2.38. The second kappa shape index (κ2) is 10.1. The van der Waals surface area contributed by atoms with Gasteiger partial charge in [0.1, 0.15) is 12.6 Å². The van der Waals surface area contributed by atoms with Crippen LogP contribution in [-0.2, 0) is 14.3 Å². The number of rotatable bonds is 7. The Morgan fingerprint density at radius 1 is 0.943 bits per heavy atom. The van der Waals surface area contributed by atoms with Crippen LogP contribution in [0.3, 0.4) is 0 Å². The minimum atomic E-state index is -0.906. The van der Waals surface area contributed by atoms with E-state index in [0.717, 1.165) is 25.7 Å². The molecule has 1 heterocycles. The summed E-state index contributed by atoms with van der Waals surface area (Å²) >= 11 is 0. The number of nitrogens with one attached hydrogen (secondary N) is 1. The molecule has 1 saturated heterocycles. The monoisotopic (exact) mass is 476 g/mol. The van der Waals surface area contributed by atoms with Crippen molar-refractivity contribution in [2.75, 3.05) is 19.7 Å². The molecule has 0 aromatic heterocycles. The van der Waals surface area contributed by atoms with E-state index in [0.29, 0.717) is 38.5 Å². The van der Waals surface area contributed by atoms with Crippen molar-refractivity contribution in [2.45, 2.75) is 50.5 Å². The number of likely N-dealkylation sites (tertiary alicyclic amines) is 1. The van der Waals surface area contributed by atoms with Gasteiger partial charge in [-0.25, -0.2) is 9.59 Å². The fraction of sp³-hybridized carbons (Fsp3) is 0.464. The first-order valence-electron chi connectivity index (χ1n) is 12.6. The predicted molar refractivity (Wildman–Crippen MR) is 131 cm³/mol. The van der Waals surface area contributed by atoms with Gasteiger partial charge < -0.3 is 20.1 Å². The Morgan fingerprint density at radius 2 is 1.60 bits per heavy atom. The Balaban J connectivity index is 1.05. The number of alkyl carbamates (subject to hydrolysis) is 1. The molecule has 1 atom stereocenters. The SMILES string of the molecule is O=C(NCC1CC(CC(=O)N2CCCC[C@H]2C(=O)O)C1)OCC1c2ccccc2-c2ccccc21. The molecular weight excluding hydrogens is 444 g/mol. The van der Waals surface area contributed by atoms with Crippen LogP contribution in [0.4, 0.5) is 4.79 Å². The maximum absolute atomic E-state index is 12.6. The van der Waals surface area contributed by atoms with Crippen LogP contribution >= 0.6 is 0 Å². The van der Waals surface area contributed by atoms with Gasteiger partial charge in [0.15, 0.2) is 0 Å². The zero-order chi connectivity index (χ0) is 24.4. The number of ether oxygens (including phenoxy) is 1. The molecular formula is C28H32N2O5. The summed E-state index contributed by atoms with van der Waals surface area (Å²) < 4.78 is 5.60. The molecule has 0 unspecified atom stereocenters. The van der Waals surface area contributed by atoms with Crippen LogP contribution in [0, 0.1) is 11.8 Å². The van der Waals surface area contributed by atoms with Crippen molar-refractivity contribution >= 4 is 18.0 Å². The molecule has 5 rings (SSSR count). The van der Waals surface area contributed by atoms with Gasteiger partial charge in [-0.3, -0.25) is 4.79 Å². The van der Waals surface area contributed by atoms with Crippen LogP contribution in [-0.4, -0.2) is 53.7 Å². The molecule has 2 N–H and O–H groups in total. The molecule has 0 spiro atoms. The number of hydrogen-bond donors (Lipinski definition) is 2. The van der Waals surface area contributed by atoms with Gasteiger partial charge in [0, 0.05) is 25.4 Å². The zero-order valence-electron chi connectivity index (χ0n) is 19.8. The number of benzene rings is 2. The molecule has 184 valence electrons. The van der Waals surface area contributed by atoms with Crippen LogP contribution in [0.2, 0.25) is 0 Å². The van der Waals surface area contributed by atoms with Gasteiger partial charge in [0.05, 0.1) is 0 Å². The second-order valence-corrected chi connectivity index (χ2v) is 10.1. The number of carboxylic acid groups (broad SMARTS) is 1. The van der Waals surface area contributed by atoms with E-state index in [4.69, 9.17) is 4.74 Å². The van der Waals surface area contributed by atoms with E-state index < -0.39 is 18.1 Å². The largest absolute Gasteiger partial charge is 0.480 e. The summed E-state index contributed by atoms with van der Waals surface area (Å²) in [5.41, 5.74) is 4.77. The van der Waals surface area contributed by atoms with Crippen molar-refractivity contribution < 1.29 is 24.2 Å². The molecule has 1 aliphatic heterocycles. The number of carboxylic acids is 1. The summed E-state index contributed by atoms with van der Waals surface area (Å²) in [4.78, 5) is 38.0. The third-order valence-electron chi connectivity index (χ3n) is 7.78. The minimum absolute atomic E-state index is 0.0386. The smallest absolute Gasteiger partial charge is 0.407 e. The van der Waals surface area contributed by atoms with Gasteiger partial charge in [-0.15, -0.1) is 0 Å². The van der Waals surface area contributed by atoms with E-state index in [1.165, 1.54) is 22.3 Å². The van der Waals surface area contributed by atoms with Crippen molar-refractivity contribution in [2.24, 2.45) is 11.8 Å². The fourth-order valence-corrected chi connectivity index (χ4v) is 5.94. The summed E-state index contributed by atoms with van der Waals surface area (Å²) in [7, 11) is 0. The highest BCUT2D eigenvalue weighted by Crippen LogP contribution is 2.44. The van der Waals surface area contributed by atoms with E-state index in [2.05, 4.69) is 29.6 Å². The van der Waals surface area contributed by atoms with Gasteiger partial charge in [0.2, 0.25) is 5.91 Å². The van der Waals surface area contributed by atoms with Crippen LogP contribution in [0.25, 0.3) is 11.1 Å². The first-order chi connectivity index (χ1) is 17.0. The molecule has 2 aromatic carbocycles. The molecule has 2 amide bonds. The maximum atomic E-state index is 12.6. The number of carbonyl (C=O) groups is 3. The number of carbonyl (C=O) groups excluding carboxylic acids is 2. The molecule has 2 aromatic rings. The summed E-state index contributed by atoms with van der Waals surface area (Å²) in [5.74, 6) is -0.336. The standard InChI is InChI=1S/C28H32N2O5/c31-26(30-12-6-5-11-25(30)27(32)33)15-18-13-19(14-18)16-29-28(34)35-17-24-22-9-3-1-7-20(22)21-8-2-4-10-23(21)24/h1-4,7-10,18-19,24-25H,5-6,11-17H2,(H,29,34)(H,32,33)/t18?,19?,25-/m0/s1. The first-order valence-corrected chi connectivity index (χ1v) is 12.6. The second-order valence-electron chi connectivity index (χ2n) is 10.1. The normalized spacial score (nSPS) is 23.1. The number of aliphatic carboxylic acids is 1. The number of hydrogen-bond acceptors (Lipinski definition) is 4. The van der Waals surface area contributed by atoms with Crippen LogP contribution in [0.15, 0.2) is 48.5 Å². The average molecular weight is 477 g/mol. The Kier molecular flexibility index (Phi) is 6.75. The quantitative estimate of drug-likeness (QED) is 0.617. The highest BCUT2D eigenvalue weighted by molar-refractivity contribution is 5.84. The molecule has 2 fully saturated rings. The zero-order valence-corrected chi connectivity index (χ0v) is 19.8. The van der Waals surface area contributed by atoms with Gasteiger partial charge in [-0.1, -0.05) is 48.5 Å². The number of nitrogens with zero attached hydrogens (tertiary/aromatic N) is 1. The third-order valence-corrected chi connectivity index (χ3v) is 7.78.